The predicted octanol–water partition coefficient (Wildman–Crippen LogP) is 0.0401. The average Bonchev–Trinajstić information content (AvgIpc) is 2.85. The summed E-state index contributed by atoms with van der Waals surface area (Å²) in [4.78, 5) is 0.190. The molecule has 0 spiro atoms. The van der Waals surface area contributed by atoms with Gasteiger partial charge in [-0.05, 0) is 37.2 Å². The minimum Gasteiger partial charge on any atom is -0.497 e. The van der Waals surface area contributed by atoms with Crippen LogP contribution in [0.3, 0.4) is 0 Å². The number of sulfonamides is 1. The Bertz CT molecular complexity index is 550. The van der Waals surface area contributed by atoms with E-state index in [0.29, 0.717) is 25.3 Å². The number of benzene rings is 1. The molecule has 20 heavy (non-hydrogen) atoms. The van der Waals surface area contributed by atoms with Crippen LogP contribution < -0.4 is 10.1 Å². The molecule has 1 aromatic rings. The van der Waals surface area contributed by atoms with Crippen LogP contribution in [0.5, 0.6) is 5.75 Å². The van der Waals surface area contributed by atoms with E-state index in [0.717, 1.165) is 0 Å². The smallest absolute Gasteiger partial charge is 0.242 e. The number of β-amino-alcohol motifs (C(OH)–C–C–N with tert-alkyl or cyclic N) is 1. The fourth-order valence-electron chi connectivity index (χ4n) is 2.29. The normalized spacial score (nSPS) is 23.2. The molecule has 112 valence electrons. The maximum absolute atomic E-state index is 12.4. The van der Waals surface area contributed by atoms with Crippen LogP contribution in [0.4, 0.5) is 0 Å². The van der Waals surface area contributed by atoms with Crippen molar-refractivity contribution in [2.24, 2.45) is 0 Å². The quantitative estimate of drug-likeness (QED) is 0.803. The van der Waals surface area contributed by atoms with Crippen molar-refractivity contribution < 1.29 is 18.3 Å². The number of likely N-dealkylation sites (N-methyl/N-ethyl adjacent to an activating group) is 1. The minimum absolute atomic E-state index is 0.0777. The summed E-state index contributed by atoms with van der Waals surface area (Å²) in [7, 11) is -0.592. The van der Waals surface area contributed by atoms with Gasteiger partial charge >= 0.3 is 0 Å². The summed E-state index contributed by atoms with van der Waals surface area (Å²) < 4.78 is 31.0. The molecule has 1 fully saturated rings. The van der Waals surface area contributed by atoms with Gasteiger partial charge in [0.1, 0.15) is 5.75 Å². The van der Waals surface area contributed by atoms with Crippen LogP contribution in [0.2, 0.25) is 0 Å². The number of nitrogens with one attached hydrogen (secondary N) is 1. The number of aliphatic hydroxyl groups is 1. The van der Waals surface area contributed by atoms with Crippen molar-refractivity contribution in [3.05, 3.63) is 24.3 Å². The Morgan fingerprint density at radius 2 is 2.05 bits per heavy atom. The number of rotatable bonds is 5. The highest BCUT2D eigenvalue weighted by Gasteiger charge is 2.35. The fourth-order valence-corrected chi connectivity index (χ4v) is 3.54. The molecule has 1 aliphatic heterocycles. The molecule has 1 atom stereocenters. The summed E-state index contributed by atoms with van der Waals surface area (Å²) in [6, 6.07) is 6.21. The first-order valence-corrected chi connectivity index (χ1v) is 7.85. The fraction of sp³-hybridized carbons (Fsp3) is 0.538. The van der Waals surface area contributed by atoms with Crippen molar-refractivity contribution in [2.75, 3.05) is 33.8 Å². The topological polar surface area (TPSA) is 78.9 Å². The van der Waals surface area contributed by atoms with E-state index in [1.165, 1.54) is 30.6 Å². The van der Waals surface area contributed by atoms with Crippen LogP contribution in [0.1, 0.15) is 6.42 Å². The van der Waals surface area contributed by atoms with Crippen molar-refractivity contribution in [1.82, 2.24) is 9.62 Å². The number of hydrogen-bond donors (Lipinski definition) is 2. The molecule has 2 N–H and O–H groups in total. The Labute approximate surface area is 119 Å². The molecule has 0 aliphatic carbocycles. The van der Waals surface area contributed by atoms with E-state index in [-0.39, 0.29) is 11.4 Å². The van der Waals surface area contributed by atoms with Gasteiger partial charge in [-0.25, -0.2) is 8.42 Å². The van der Waals surface area contributed by atoms with Crippen LogP contribution >= 0.6 is 0 Å². The van der Waals surface area contributed by atoms with Gasteiger partial charge in [-0.2, -0.15) is 4.31 Å². The number of nitrogens with zero attached hydrogens (tertiary/aromatic N) is 1. The summed E-state index contributed by atoms with van der Waals surface area (Å²) in [5.41, 5.74) is -0.992. The Morgan fingerprint density at radius 3 is 2.55 bits per heavy atom. The van der Waals surface area contributed by atoms with Crippen molar-refractivity contribution >= 4 is 10.0 Å². The van der Waals surface area contributed by atoms with Gasteiger partial charge in [0.2, 0.25) is 10.0 Å². The van der Waals surface area contributed by atoms with E-state index in [2.05, 4.69) is 5.32 Å². The largest absolute Gasteiger partial charge is 0.497 e. The number of methoxy groups -OCH3 is 1. The molecule has 0 amide bonds. The van der Waals surface area contributed by atoms with Gasteiger partial charge in [-0.1, -0.05) is 0 Å². The van der Waals surface area contributed by atoms with E-state index < -0.39 is 15.6 Å². The first-order valence-electron chi connectivity index (χ1n) is 6.41. The summed E-state index contributed by atoms with van der Waals surface area (Å²) in [6.45, 7) is 1.19. The molecule has 0 aromatic heterocycles. The molecule has 1 aromatic carbocycles. The van der Waals surface area contributed by atoms with Crippen molar-refractivity contribution in [3.63, 3.8) is 0 Å². The molecule has 2 rings (SSSR count). The van der Waals surface area contributed by atoms with E-state index in [4.69, 9.17) is 4.74 Å². The summed E-state index contributed by atoms with van der Waals surface area (Å²) >= 11 is 0. The monoisotopic (exact) mass is 300 g/mol. The van der Waals surface area contributed by atoms with Gasteiger partial charge in [-0.3, -0.25) is 0 Å². The van der Waals surface area contributed by atoms with E-state index >= 15 is 0 Å². The third kappa shape index (κ3) is 3.12. The van der Waals surface area contributed by atoms with E-state index in [1.807, 2.05) is 0 Å². The predicted molar refractivity (Wildman–Crippen MR) is 75.2 cm³/mol. The lowest BCUT2D eigenvalue weighted by Gasteiger charge is -2.27. The maximum Gasteiger partial charge on any atom is 0.242 e. The van der Waals surface area contributed by atoms with Crippen LogP contribution in [0.25, 0.3) is 0 Å². The Balaban J connectivity index is 2.15. The van der Waals surface area contributed by atoms with Crippen molar-refractivity contribution in [3.8, 4) is 5.75 Å². The Kier molecular flexibility index (Phi) is 4.33. The van der Waals surface area contributed by atoms with E-state index in [1.54, 1.807) is 12.1 Å². The van der Waals surface area contributed by atoms with Crippen LogP contribution in [-0.4, -0.2) is 57.2 Å². The second kappa shape index (κ2) is 5.69. The van der Waals surface area contributed by atoms with Gasteiger partial charge in [0.05, 0.1) is 17.6 Å². The average molecular weight is 300 g/mol. The highest BCUT2D eigenvalue weighted by molar-refractivity contribution is 7.89. The molecular weight excluding hydrogens is 280 g/mol. The lowest BCUT2D eigenvalue weighted by atomic mass is 10.0. The SMILES string of the molecule is COc1ccc(S(=O)(=O)N(C)CC2(O)CCNC2)cc1. The molecule has 0 saturated carbocycles. The highest BCUT2D eigenvalue weighted by Crippen LogP contribution is 2.22. The zero-order chi connectivity index (χ0) is 14.8. The molecule has 6 nitrogen and oxygen atoms in total. The van der Waals surface area contributed by atoms with Gasteiger partial charge in [0.25, 0.3) is 0 Å². The third-order valence-electron chi connectivity index (χ3n) is 3.51. The highest BCUT2D eigenvalue weighted by atomic mass is 32.2. The molecule has 1 unspecified atom stereocenters. The molecule has 7 heteroatoms. The van der Waals surface area contributed by atoms with Crippen molar-refractivity contribution in [2.45, 2.75) is 16.9 Å². The van der Waals surface area contributed by atoms with Crippen LogP contribution in [0, 0.1) is 0 Å². The minimum atomic E-state index is -3.60. The lowest BCUT2D eigenvalue weighted by Crippen LogP contribution is -2.45. The van der Waals surface area contributed by atoms with Gasteiger partial charge < -0.3 is 15.2 Å². The number of ether oxygens (including phenoxy) is 1. The summed E-state index contributed by atoms with van der Waals surface area (Å²) in [5, 5.41) is 13.3. The first-order chi connectivity index (χ1) is 9.37. The Hall–Kier alpha value is -1.15. The van der Waals surface area contributed by atoms with Crippen LogP contribution in [-0.2, 0) is 10.0 Å². The summed E-state index contributed by atoms with van der Waals surface area (Å²) in [5.74, 6) is 0.602. The first kappa shape index (κ1) is 15.2. The second-order valence-electron chi connectivity index (χ2n) is 5.09. The molecule has 1 heterocycles. The second-order valence-corrected chi connectivity index (χ2v) is 7.13. The van der Waals surface area contributed by atoms with E-state index in [9.17, 15) is 13.5 Å². The molecule has 1 saturated heterocycles. The van der Waals surface area contributed by atoms with Gasteiger partial charge in [-0.15, -0.1) is 0 Å². The maximum atomic E-state index is 12.4. The molecule has 0 bridgehead atoms. The zero-order valence-corrected chi connectivity index (χ0v) is 12.5. The lowest BCUT2D eigenvalue weighted by molar-refractivity contribution is 0.0462. The molecule has 0 radical (unpaired) electrons. The third-order valence-corrected chi connectivity index (χ3v) is 5.32. The molecular formula is C13H20N2O4S. The van der Waals surface area contributed by atoms with Gasteiger partial charge in [0, 0.05) is 20.1 Å². The number of hydrogen-bond acceptors (Lipinski definition) is 5. The molecule has 1 aliphatic rings. The Morgan fingerprint density at radius 1 is 1.40 bits per heavy atom. The van der Waals surface area contributed by atoms with Crippen LogP contribution in [0.15, 0.2) is 29.2 Å². The van der Waals surface area contributed by atoms with Gasteiger partial charge in [0.15, 0.2) is 0 Å². The standard InChI is InChI=1S/C13H20N2O4S/c1-15(10-13(16)7-8-14-9-13)20(17,18)12-5-3-11(19-2)4-6-12/h3-6,14,16H,7-10H2,1-2H3. The van der Waals surface area contributed by atoms with Crippen molar-refractivity contribution in [1.29, 1.82) is 0 Å². The zero-order valence-electron chi connectivity index (χ0n) is 11.7. The summed E-state index contributed by atoms with van der Waals surface area (Å²) in [6.07, 6.45) is 0.551.